The van der Waals surface area contributed by atoms with Crippen molar-refractivity contribution in [3.63, 3.8) is 0 Å². The van der Waals surface area contributed by atoms with Crippen LogP contribution in [0.3, 0.4) is 0 Å². The molecule has 2 aromatic rings. The summed E-state index contributed by atoms with van der Waals surface area (Å²) < 4.78 is 95.6. The Bertz CT molecular complexity index is 839. The first-order chi connectivity index (χ1) is 13.5. The zero-order valence-corrected chi connectivity index (χ0v) is 17.4. The molecule has 1 saturated heterocycles. The molecular formula is C19H19Cl2F7N2O. The first-order valence-corrected chi connectivity index (χ1v) is 8.72. The minimum atomic E-state index is -4.88. The van der Waals surface area contributed by atoms with Crippen molar-refractivity contribution in [2.24, 2.45) is 0 Å². The number of alkyl halides is 6. The van der Waals surface area contributed by atoms with Crippen LogP contribution >= 0.6 is 24.8 Å². The molecule has 0 radical (unpaired) electrons. The second-order valence-electron chi connectivity index (χ2n) is 6.53. The number of benzene rings is 2. The second-order valence-corrected chi connectivity index (χ2v) is 6.53. The van der Waals surface area contributed by atoms with Gasteiger partial charge in [-0.15, -0.1) is 38.0 Å². The molecule has 1 atom stereocenters. The molecule has 0 aliphatic carbocycles. The van der Waals surface area contributed by atoms with Gasteiger partial charge in [0.2, 0.25) is 0 Å². The Balaban J connectivity index is 0.00000240. The summed E-state index contributed by atoms with van der Waals surface area (Å²) >= 11 is 0. The third-order valence-electron chi connectivity index (χ3n) is 4.56. The number of rotatable bonds is 4. The van der Waals surface area contributed by atoms with Crippen LogP contribution in [0, 0.1) is 5.82 Å². The van der Waals surface area contributed by atoms with Gasteiger partial charge in [-0.05, 0) is 41.5 Å². The van der Waals surface area contributed by atoms with Crippen LogP contribution in [0.4, 0.5) is 30.7 Å². The Hall–Kier alpha value is -1.75. The molecule has 2 aromatic carbocycles. The van der Waals surface area contributed by atoms with E-state index in [2.05, 4.69) is 10.1 Å². The van der Waals surface area contributed by atoms with Crippen LogP contribution in [-0.4, -0.2) is 37.4 Å². The number of halogens is 9. The van der Waals surface area contributed by atoms with Gasteiger partial charge in [-0.2, -0.15) is 13.2 Å². The van der Waals surface area contributed by atoms with Crippen molar-refractivity contribution in [1.82, 2.24) is 10.2 Å². The molecule has 31 heavy (non-hydrogen) atoms. The fourth-order valence-corrected chi connectivity index (χ4v) is 3.40. The fraction of sp³-hybridized carbons (Fsp3) is 0.368. The summed E-state index contributed by atoms with van der Waals surface area (Å²) in [6.07, 6.45) is -9.60. The number of nitrogens with one attached hydrogen (secondary N) is 1. The first-order valence-electron chi connectivity index (χ1n) is 8.72. The zero-order valence-electron chi connectivity index (χ0n) is 15.8. The van der Waals surface area contributed by atoms with Crippen LogP contribution in [0.2, 0.25) is 0 Å². The molecule has 174 valence electrons. The Labute approximate surface area is 186 Å². The van der Waals surface area contributed by atoms with Crippen LogP contribution in [0.25, 0.3) is 0 Å². The van der Waals surface area contributed by atoms with Crippen molar-refractivity contribution in [2.45, 2.75) is 18.6 Å². The summed E-state index contributed by atoms with van der Waals surface area (Å²) in [5.74, 6) is -1.32. The van der Waals surface area contributed by atoms with Gasteiger partial charge >= 0.3 is 12.5 Å². The van der Waals surface area contributed by atoms with Crippen LogP contribution in [0.5, 0.6) is 5.75 Å². The molecule has 1 aliphatic rings. The normalized spacial score (nSPS) is 16.1. The Kier molecular flexibility index (Phi) is 9.43. The van der Waals surface area contributed by atoms with Crippen LogP contribution in [-0.2, 0) is 6.18 Å². The standard InChI is InChI=1S/C19H17F7N2O.2ClH/c20-13-3-6-16(18(21,22)23)15(11-13)17(28-9-7-27-8-10-28)12-1-4-14(5-2-12)29-19(24,25)26;;/h1-6,11,17,27H,7-10H2;2*1H/t17-;;/m1../s1. The lowest BCUT2D eigenvalue weighted by Gasteiger charge is -2.36. The smallest absolute Gasteiger partial charge is 0.406 e. The van der Waals surface area contributed by atoms with E-state index in [0.29, 0.717) is 37.8 Å². The van der Waals surface area contributed by atoms with E-state index < -0.39 is 35.7 Å². The minimum absolute atomic E-state index is 0. The number of nitrogens with zero attached hydrogens (tertiary/aromatic N) is 1. The largest absolute Gasteiger partial charge is 0.573 e. The number of ether oxygens (including phenoxy) is 1. The highest BCUT2D eigenvalue weighted by molar-refractivity contribution is 5.85. The van der Waals surface area contributed by atoms with E-state index in [1.165, 1.54) is 12.1 Å². The second kappa shape index (κ2) is 10.7. The number of piperazine rings is 1. The summed E-state index contributed by atoms with van der Waals surface area (Å²) in [4.78, 5) is 1.74. The highest BCUT2D eigenvalue weighted by Crippen LogP contribution is 2.40. The predicted octanol–water partition coefficient (Wildman–Crippen LogP) is 5.58. The van der Waals surface area contributed by atoms with Gasteiger partial charge in [0.1, 0.15) is 11.6 Å². The molecule has 0 amide bonds. The molecule has 12 heteroatoms. The zero-order chi connectivity index (χ0) is 21.2. The molecule has 3 nitrogen and oxygen atoms in total. The van der Waals surface area contributed by atoms with Gasteiger partial charge in [-0.3, -0.25) is 4.90 Å². The highest BCUT2D eigenvalue weighted by Gasteiger charge is 2.38. The molecule has 0 aromatic heterocycles. The van der Waals surface area contributed by atoms with Crippen molar-refractivity contribution < 1.29 is 35.5 Å². The molecule has 0 saturated carbocycles. The molecule has 3 rings (SSSR count). The van der Waals surface area contributed by atoms with Gasteiger partial charge in [0.25, 0.3) is 0 Å². The molecule has 1 aliphatic heterocycles. The molecular weight excluding hydrogens is 476 g/mol. The summed E-state index contributed by atoms with van der Waals surface area (Å²) in [6.45, 7) is 1.81. The summed E-state index contributed by atoms with van der Waals surface area (Å²) in [5, 5.41) is 3.08. The highest BCUT2D eigenvalue weighted by atomic mass is 35.5. The molecule has 1 fully saturated rings. The van der Waals surface area contributed by atoms with E-state index in [0.717, 1.165) is 24.3 Å². The maximum absolute atomic E-state index is 13.9. The lowest BCUT2D eigenvalue weighted by atomic mass is 9.92. The third-order valence-corrected chi connectivity index (χ3v) is 4.56. The van der Waals surface area contributed by atoms with Gasteiger partial charge in [0, 0.05) is 26.2 Å². The van der Waals surface area contributed by atoms with Crippen molar-refractivity contribution in [3.8, 4) is 5.75 Å². The summed E-state index contributed by atoms with van der Waals surface area (Å²) in [5.41, 5.74) is -0.973. The van der Waals surface area contributed by atoms with Gasteiger partial charge in [-0.1, -0.05) is 12.1 Å². The molecule has 1 heterocycles. The van der Waals surface area contributed by atoms with E-state index in [4.69, 9.17) is 0 Å². The Morgan fingerprint density at radius 3 is 1.97 bits per heavy atom. The number of hydrogen-bond acceptors (Lipinski definition) is 3. The Morgan fingerprint density at radius 1 is 0.871 bits per heavy atom. The average molecular weight is 495 g/mol. The van der Waals surface area contributed by atoms with Crippen LogP contribution in [0.1, 0.15) is 22.7 Å². The molecule has 1 N–H and O–H groups in total. The summed E-state index contributed by atoms with van der Waals surface area (Å²) in [7, 11) is 0. The van der Waals surface area contributed by atoms with Crippen molar-refractivity contribution in [1.29, 1.82) is 0 Å². The van der Waals surface area contributed by atoms with Crippen molar-refractivity contribution >= 4 is 24.8 Å². The van der Waals surface area contributed by atoms with E-state index in [9.17, 15) is 30.7 Å². The van der Waals surface area contributed by atoms with Crippen LogP contribution in [0.15, 0.2) is 42.5 Å². The topological polar surface area (TPSA) is 24.5 Å². The molecule has 0 unspecified atom stereocenters. The lowest BCUT2D eigenvalue weighted by Crippen LogP contribution is -2.45. The Morgan fingerprint density at radius 2 is 1.45 bits per heavy atom. The van der Waals surface area contributed by atoms with E-state index >= 15 is 0 Å². The maximum Gasteiger partial charge on any atom is 0.573 e. The first kappa shape index (κ1) is 27.3. The van der Waals surface area contributed by atoms with Crippen molar-refractivity contribution in [2.75, 3.05) is 26.2 Å². The van der Waals surface area contributed by atoms with E-state index in [-0.39, 0.29) is 30.4 Å². The number of hydrogen-bond donors (Lipinski definition) is 1. The van der Waals surface area contributed by atoms with E-state index in [1.54, 1.807) is 4.90 Å². The molecule has 0 bridgehead atoms. The predicted molar refractivity (Wildman–Crippen MR) is 105 cm³/mol. The van der Waals surface area contributed by atoms with E-state index in [1.807, 2.05) is 0 Å². The SMILES string of the molecule is Cl.Cl.Fc1ccc(C(F)(F)F)c([C@@H](c2ccc(OC(F)(F)F)cc2)N2CCNCC2)c1. The quantitative estimate of drug-likeness (QED) is 0.561. The molecule has 0 spiro atoms. The maximum atomic E-state index is 13.9. The summed E-state index contributed by atoms with van der Waals surface area (Å²) in [6, 6.07) is 5.86. The lowest BCUT2D eigenvalue weighted by molar-refractivity contribution is -0.274. The van der Waals surface area contributed by atoms with Crippen LogP contribution < -0.4 is 10.1 Å². The monoisotopic (exact) mass is 494 g/mol. The fourth-order valence-electron chi connectivity index (χ4n) is 3.40. The van der Waals surface area contributed by atoms with Gasteiger partial charge in [0.05, 0.1) is 11.6 Å². The van der Waals surface area contributed by atoms with Gasteiger partial charge < -0.3 is 10.1 Å². The minimum Gasteiger partial charge on any atom is -0.406 e. The third kappa shape index (κ3) is 7.13. The average Bonchev–Trinajstić information content (AvgIpc) is 2.62. The van der Waals surface area contributed by atoms with Crippen molar-refractivity contribution in [3.05, 3.63) is 65.0 Å². The van der Waals surface area contributed by atoms with Gasteiger partial charge in [0.15, 0.2) is 0 Å². The van der Waals surface area contributed by atoms with Gasteiger partial charge in [-0.25, -0.2) is 4.39 Å².